The SMILES string of the molecule is Cc1cc(C)cc(NC(=O)C(NC(=O)OC(C)(C)C)c2ccccc2)c1. The molecule has 138 valence electrons. The van der Waals surface area contributed by atoms with E-state index in [0.717, 1.165) is 11.1 Å². The van der Waals surface area contributed by atoms with Crippen molar-refractivity contribution in [1.82, 2.24) is 5.32 Å². The van der Waals surface area contributed by atoms with Gasteiger partial charge >= 0.3 is 6.09 Å². The van der Waals surface area contributed by atoms with Gasteiger partial charge in [0.15, 0.2) is 0 Å². The lowest BCUT2D eigenvalue weighted by atomic mass is 10.1. The largest absolute Gasteiger partial charge is 0.444 e. The van der Waals surface area contributed by atoms with Crippen LogP contribution in [0.5, 0.6) is 0 Å². The molecule has 0 heterocycles. The lowest BCUT2D eigenvalue weighted by Crippen LogP contribution is -2.40. The molecule has 0 aliphatic heterocycles. The van der Waals surface area contributed by atoms with Crippen molar-refractivity contribution in [2.45, 2.75) is 46.3 Å². The van der Waals surface area contributed by atoms with Gasteiger partial charge < -0.3 is 15.4 Å². The molecule has 1 unspecified atom stereocenters. The fourth-order valence-electron chi connectivity index (χ4n) is 2.63. The van der Waals surface area contributed by atoms with E-state index in [2.05, 4.69) is 10.6 Å². The third kappa shape index (κ3) is 5.92. The van der Waals surface area contributed by atoms with E-state index in [9.17, 15) is 9.59 Å². The molecule has 5 nitrogen and oxygen atoms in total. The van der Waals surface area contributed by atoms with Gasteiger partial charge in [-0.15, -0.1) is 0 Å². The molecule has 0 aliphatic rings. The van der Waals surface area contributed by atoms with Crippen molar-refractivity contribution in [1.29, 1.82) is 0 Å². The summed E-state index contributed by atoms with van der Waals surface area (Å²) in [7, 11) is 0. The molecule has 0 saturated heterocycles. The van der Waals surface area contributed by atoms with Crippen LogP contribution in [0.25, 0.3) is 0 Å². The fraction of sp³-hybridized carbons (Fsp3) is 0.333. The summed E-state index contributed by atoms with van der Waals surface area (Å²) in [5.41, 5.74) is 2.84. The minimum absolute atomic E-state index is 0.327. The molecule has 2 aromatic rings. The number of anilines is 1. The average molecular weight is 354 g/mol. The van der Waals surface area contributed by atoms with Crippen molar-refractivity contribution in [2.75, 3.05) is 5.32 Å². The van der Waals surface area contributed by atoms with Crippen molar-refractivity contribution < 1.29 is 14.3 Å². The van der Waals surface area contributed by atoms with E-state index in [1.807, 2.05) is 50.2 Å². The molecule has 2 rings (SSSR count). The molecule has 0 bridgehead atoms. The predicted molar refractivity (Wildman–Crippen MR) is 103 cm³/mol. The lowest BCUT2D eigenvalue weighted by molar-refractivity contribution is -0.118. The van der Waals surface area contributed by atoms with Crippen molar-refractivity contribution in [2.24, 2.45) is 0 Å². The maximum atomic E-state index is 12.9. The summed E-state index contributed by atoms with van der Waals surface area (Å²) >= 11 is 0. The van der Waals surface area contributed by atoms with E-state index >= 15 is 0 Å². The summed E-state index contributed by atoms with van der Waals surface area (Å²) in [5.74, 6) is -0.327. The Bertz CT molecular complexity index is 759. The smallest absolute Gasteiger partial charge is 0.408 e. The molecule has 0 aromatic heterocycles. The van der Waals surface area contributed by atoms with Gasteiger partial charge in [-0.05, 0) is 63.4 Å². The topological polar surface area (TPSA) is 67.4 Å². The first-order valence-electron chi connectivity index (χ1n) is 8.58. The van der Waals surface area contributed by atoms with Gasteiger partial charge in [0, 0.05) is 5.69 Å². The fourth-order valence-corrected chi connectivity index (χ4v) is 2.63. The molecule has 0 aliphatic carbocycles. The highest BCUT2D eigenvalue weighted by atomic mass is 16.6. The minimum Gasteiger partial charge on any atom is -0.444 e. The van der Waals surface area contributed by atoms with Gasteiger partial charge in [-0.3, -0.25) is 4.79 Å². The van der Waals surface area contributed by atoms with Gasteiger partial charge in [-0.1, -0.05) is 36.4 Å². The summed E-state index contributed by atoms with van der Waals surface area (Å²) in [5, 5.41) is 5.55. The molecular formula is C21H26N2O3. The first-order valence-corrected chi connectivity index (χ1v) is 8.58. The standard InChI is InChI=1S/C21H26N2O3/c1-14-11-15(2)13-17(12-14)22-19(24)18(16-9-7-6-8-10-16)23-20(25)26-21(3,4)5/h6-13,18H,1-5H3,(H,22,24)(H,23,25). The maximum absolute atomic E-state index is 12.9. The van der Waals surface area contributed by atoms with E-state index in [1.165, 1.54) is 0 Å². The minimum atomic E-state index is -0.855. The van der Waals surface area contributed by atoms with Crippen LogP contribution in [-0.4, -0.2) is 17.6 Å². The van der Waals surface area contributed by atoms with Crippen LogP contribution in [0.1, 0.15) is 43.5 Å². The molecule has 0 fully saturated rings. The van der Waals surface area contributed by atoms with E-state index in [1.54, 1.807) is 32.9 Å². The zero-order valence-electron chi connectivity index (χ0n) is 15.9. The second-order valence-corrected chi connectivity index (χ2v) is 7.36. The Kier molecular flexibility index (Phi) is 6.03. The van der Waals surface area contributed by atoms with Gasteiger partial charge in [0.25, 0.3) is 5.91 Å². The van der Waals surface area contributed by atoms with Crippen LogP contribution in [-0.2, 0) is 9.53 Å². The predicted octanol–water partition coefficient (Wildman–Crippen LogP) is 4.51. The van der Waals surface area contributed by atoms with E-state index in [0.29, 0.717) is 11.3 Å². The second-order valence-electron chi connectivity index (χ2n) is 7.36. The van der Waals surface area contributed by atoms with E-state index < -0.39 is 17.7 Å². The zero-order chi connectivity index (χ0) is 19.3. The Hall–Kier alpha value is -2.82. The Morgan fingerprint density at radius 1 is 0.962 bits per heavy atom. The number of ether oxygens (including phenoxy) is 1. The number of carbonyl (C=O) groups excluding carboxylic acids is 2. The number of carbonyl (C=O) groups is 2. The summed E-state index contributed by atoms with van der Waals surface area (Å²) in [6.07, 6.45) is -0.637. The first kappa shape index (κ1) is 19.5. The van der Waals surface area contributed by atoms with E-state index in [4.69, 9.17) is 4.74 Å². The Morgan fingerprint density at radius 3 is 2.08 bits per heavy atom. The van der Waals surface area contributed by atoms with Gasteiger partial charge in [-0.2, -0.15) is 0 Å². The summed E-state index contributed by atoms with van der Waals surface area (Å²) < 4.78 is 5.30. The molecule has 26 heavy (non-hydrogen) atoms. The number of amides is 2. The number of benzene rings is 2. The molecule has 0 spiro atoms. The van der Waals surface area contributed by atoms with Crippen LogP contribution < -0.4 is 10.6 Å². The van der Waals surface area contributed by atoms with Crippen molar-refractivity contribution in [3.8, 4) is 0 Å². The number of alkyl carbamates (subject to hydrolysis) is 1. The Labute approximate surface area is 154 Å². The quantitative estimate of drug-likeness (QED) is 0.849. The summed E-state index contributed by atoms with van der Waals surface area (Å²) in [6, 6.07) is 14.0. The Morgan fingerprint density at radius 2 is 1.54 bits per heavy atom. The normalized spacial score (nSPS) is 12.2. The van der Waals surface area contributed by atoms with Crippen molar-refractivity contribution in [3.63, 3.8) is 0 Å². The number of hydrogen-bond acceptors (Lipinski definition) is 3. The van der Waals surface area contributed by atoms with Crippen LogP contribution >= 0.6 is 0 Å². The zero-order valence-corrected chi connectivity index (χ0v) is 15.9. The van der Waals surface area contributed by atoms with Crippen LogP contribution in [0.2, 0.25) is 0 Å². The molecule has 1 atom stereocenters. The molecule has 2 amide bonds. The maximum Gasteiger partial charge on any atom is 0.408 e. The molecule has 0 saturated carbocycles. The van der Waals surface area contributed by atoms with Crippen LogP contribution in [0.15, 0.2) is 48.5 Å². The van der Waals surface area contributed by atoms with E-state index in [-0.39, 0.29) is 5.91 Å². The lowest BCUT2D eigenvalue weighted by Gasteiger charge is -2.23. The van der Waals surface area contributed by atoms with Crippen LogP contribution in [0.4, 0.5) is 10.5 Å². The summed E-state index contributed by atoms with van der Waals surface area (Å²) in [6.45, 7) is 9.27. The highest BCUT2D eigenvalue weighted by molar-refractivity contribution is 5.97. The number of nitrogens with one attached hydrogen (secondary N) is 2. The van der Waals surface area contributed by atoms with Gasteiger partial charge in [0.2, 0.25) is 0 Å². The molecule has 2 aromatic carbocycles. The molecule has 0 radical (unpaired) electrons. The van der Waals surface area contributed by atoms with Gasteiger partial charge in [0.1, 0.15) is 11.6 Å². The second kappa shape index (κ2) is 8.04. The van der Waals surface area contributed by atoms with Gasteiger partial charge in [0.05, 0.1) is 0 Å². The third-order valence-corrected chi connectivity index (χ3v) is 3.55. The number of hydrogen-bond donors (Lipinski definition) is 2. The third-order valence-electron chi connectivity index (χ3n) is 3.55. The number of rotatable bonds is 4. The number of aryl methyl sites for hydroxylation is 2. The summed E-state index contributed by atoms with van der Waals surface area (Å²) in [4.78, 5) is 25.0. The molecule has 5 heteroatoms. The van der Waals surface area contributed by atoms with Crippen LogP contribution in [0, 0.1) is 13.8 Å². The molecule has 2 N–H and O–H groups in total. The van der Waals surface area contributed by atoms with Crippen molar-refractivity contribution in [3.05, 3.63) is 65.2 Å². The van der Waals surface area contributed by atoms with Gasteiger partial charge in [-0.25, -0.2) is 4.79 Å². The highest BCUT2D eigenvalue weighted by Crippen LogP contribution is 2.19. The average Bonchev–Trinajstić information content (AvgIpc) is 2.50. The van der Waals surface area contributed by atoms with Crippen LogP contribution in [0.3, 0.4) is 0 Å². The molecular weight excluding hydrogens is 328 g/mol. The van der Waals surface area contributed by atoms with Crippen molar-refractivity contribution >= 4 is 17.7 Å². The Balaban J connectivity index is 2.22. The monoisotopic (exact) mass is 354 g/mol. The highest BCUT2D eigenvalue weighted by Gasteiger charge is 2.26. The first-order chi connectivity index (χ1) is 12.1.